The van der Waals surface area contributed by atoms with Crippen LogP contribution in [0.15, 0.2) is 42.7 Å². The van der Waals surface area contributed by atoms with Gasteiger partial charge in [-0.1, -0.05) is 18.2 Å². The summed E-state index contributed by atoms with van der Waals surface area (Å²) in [6.45, 7) is 0.0367. The van der Waals surface area contributed by atoms with Gasteiger partial charge in [-0.2, -0.15) is 14.5 Å². The Morgan fingerprint density at radius 1 is 1.00 bits per heavy atom. The molecule has 4 rings (SSSR count). The molecule has 0 radical (unpaired) electrons. The standard InChI is InChI=1S/C17H10F3N5O/c18-10-5-11-14(15-21-7-13(20)17(26)23-15)24-25(16(11)22-6-10)8-9-3-1-2-4-12(9)19/h1-7H,8H2,(H,21,23,26). The number of hydrogen-bond acceptors (Lipinski definition) is 5. The van der Waals surface area contributed by atoms with Crippen LogP contribution in [0, 0.1) is 17.5 Å². The third kappa shape index (κ3) is 2.73. The maximum Gasteiger partial charge on any atom is 0.251 e. The first-order chi connectivity index (χ1) is 12.5. The lowest BCUT2D eigenvalue weighted by Crippen LogP contribution is -2.05. The van der Waals surface area contributed by atoms with Crippen molar-refractivity contribution >= 4 is 11.0 Å². The Bertz CT molecular complexity index is 1130. The van der Waals surface area contributed by atoms with E-state index in [1.807, 2.05) is 0 Å². The zero-order valence-corrected chi connectivity index (χ0v) is 13.1. The average molecular weight is 357 g/mol. The minimum Gasteiger partial charge on any atom is -0.491 e. The number of hydrogen-bond donors (Lipinski definition) is 1. The molecular formula is C17H10F3N5O. The van der Waals surface area contributed by atoms with Crippen LogP contribution in [0.5, 0.6) is 5.88 Å². The highest BCUT2D eigenvalue weighted by Gasteiger charge is 2.19. The summed E-state index contributed by atoms with van der Waals surface area (Å²) in [5.74, 6) is -2.98. The largest absolute Gasteiger partial charge is 0.491 e. The van der Waals surface area contributed by atoms with Gasteiger partial charge in [0.25, 0.3) is 5.88 Å². The first-order valence-electron chi connectivity index (χ1n) is 7.50. The van der Waals surface area contributed by atoms with Crippen molar-refractivity contribution in [2.75, 3.05) is 0 Å². The van der Waals surface area contributed by atoms with Gasteiger partial charge in [0.2, 0.25) is 5.82 Å². The summed E-state index contributed by atoms with van der Waals surface area (Å²) in [7, 11) is 0. The van der Waals surface area contributed by atoms with Crippen LogP contribution in [-0.2, 0) is 6.54 Å². The zero-order valence-electron chi connectivity index (χ0n) is 13.1. The van der Waals surface area contributed by atoms with E-state index >= 15 is 0 Å². The number of halogens is 3. The molecule has 1 aromatic carbocycles. The Balaban J connectivity index is 1.89. The molecular weight excluding hydrogens is 347 g/mol. The van der Waals surface area contributed by atoms with E-state index in [9.17, 15) is 18.3 Å². The number of rotatable bonds is 3. The number of benzene rings is 1. The molecule has 1 N–H and O–H groups in total. The van der Waals surface area contributed by atoms with E-state index in [2.05, 4.69) is 20.1 Å². The number of fused-ring (bicyclic) bond motifs is 1. The number of aromatic nitrogens is 5. The Hall–Kier alpha value is -3.49. The molecule has 3 aromatic heterocycles. The van der Waals surface area contributed by atoms with E-state index in [0.29, 0.717) is 5.56 Å². The SMILES string of the molecule is Oc1nc(-c2nn(Cc3ccccc3F)c3ncc(F)cc23)ncc1F. The molecule has 0 spiro atoms. The quantitative estimate of drug-likeness (QED) is 0.610. The van der Waals surface area contributed by atoms with Crippen LogP contribution in [0.25, 0.3) is 22.6 Å². The molecule has 0 saturated heterocycles. The molecule has 26 heavy (non-hydrogen) atoms. The van der Waals surface area contributed by atoms with Crippen molar-refractivity contribution in [1.82, 2.24) is 24.7 Å². The van der Waals surface area contributed by atoms with Crippen molar-refractivity contribution < 1.29 is 18.3 Å². The van der Waals surface area contributed by atoms with Gasteiger partial charge in [0, 0.05) is 5.56 Å². The molecule has 0 aliphatic carbocycles. The number of aromatic hydroxyl groups is 1. The van der Waals surface area contributed by atoms with E-state index in [1.165, 1.54) is 16.8 Å². The summed E-state index contributed by atoms with van der Waals surface area (Å²) in [6.07, 6.45) is 1.79. The van der Waals surface area contributed by atoms with Crippen molar-refractivity contribution in [1.29, 1.82) is 0 Å². The fourth-order valence-electron chi connectivity index (χ4n) is 2.57. The normalized spacial score (nSPS) is 11.2. The van der Waals surface area contributed by atoms with E-state index < -0.39 is 23.3 Å². The third-order valence-corrected chi connectivity index (χ3v) is 3.77. The number of pyridine rings is 1. The van der Waals surface area contributed by atoms with E-state index in [1.54, 1.807) is 18.2 Å². The van der Waals surface area contributed by atoms with Crippen molar-refractivity contribution in [3.63, 3.8) is 0 Å². The molecule has 0 aliphatic heterocycles. The van der Waals surface area contributed by atoms with Gasteiger partial charge < -0.3 is 5.11 Å². The molecule has 0 unspecified atom stereocenters. The first kappa shape index (κ1) is 16.0. The molecule has 0 amide bonds. The van der Waals surface area contributed by atoms with Gasteiger partial charge in [0.15, 0.2) is 11.5 Å². The Kier molecular flexibility index (Phi) is 3.76. The van der Waals surface area contributed by atoms with Gasteiger partial charge in [-0.15, -0.1) is 0 Å². The predicted octanol–water partition coefficient (Wildman–Crippen LogP) is 3.06. The summed E-state index contributed by atoms with van der Waals surface area (Å²) in [5.41, 5.74) is 0.730. The lowest BCUT2D eigenvalue weighted by Gasteiger charge is -2.04. The minimum atomic E-state index is -0.992. The highest BCUT2D eigenvalue weighted by atomic mass is 19.1. The van der Waals surface area contributed by atoms with Crippen molar-refractivity contribution in [2.45, 2.75) is 6.54 Å². The van der Waals surface area contributed by atoms with E-state index in [0.717, 1.165) is 12.4 Å². The van der Waals surface area contributed by atoms with Crippen LogP contribution >= 0.6 is 0 Å². The summed E-state index contributed by atoms with van der Waals surface area (Å²) in [5, 5.41) is 14.0. The molecule has 0 bridgehead atoms. The van der Waals surface area contributed by atoms with Gasteiger partial charge in [-0.05, 0) is 12.1 Å². The lowest BCUT2D eigenvalue weighted by molar-refractivity contribution is 0.409. The van der Waals surface area contributed by atoms with Crippen LogP contribution < -0.4 is 0 Å². The van der Waals surface area contributed by atoms with E-state index in [4.69, 9.17) is 0 Å². The number of nitrogens with zero attached hydrogens (tertiary/aromatic N) is 5. The predicted molar refractivity (Wildman–Crippen MR) is 85.6 cm³/mol. The highest BCUT2D eigenvalue weighted by molar-refractivity contribution is 5.89. The van der Waals surface area contributed by atoms with Gasteiger partial charge in [0.05, 0.1) is 24.3 Å². The Labute approximate surface area is 144 Å². The fourth-order valence-corrected chi connectivity index (χ4v) is 2.57. The first-order valence-corrected chi connectivity index (χ1v) is 7.50. The topological polar surface area (TPSA) is 76.7 Å². The molecule has 0 aliphatic rings. The van der Waals surface area contributed by atoms with E-state index in [-0.39, 0.29) is 29.1 Å². The summed E-state index contributed by atoms with van der Waals surface area (Å²) < 4.78 is 42.2. The zero-order chi connectivity index (χ0) is 18.3. The van der Waals surface area contributed by atoms with Gasteiger partial charge >= 0.3 is 0 Å². The van der Waals surface area contributed by atoms with Gasteiger partial charge in [-0.3, -0.25) is 0 Å². The van der Waals surface area contributed by atoms with Crippen LogP contribution in [0.1, 0.15) is 5.56 Å². The third-order valence-electron chi connectivity index (χ3n) is 3.77. The minimum absolute atomic E-state index is 0.0367. The molecule has 0 fully saturated rings. The maximum absolute atomic E-state index is 13.9. The maximum atomic E-state index is 13.9. The van der Waals surface area contributed by atoms with Crippen LogP contribution in [-0.4, -0.2) is 29.8 Å². The lowest BCUT2D eigenvalue weighted by atomic mass is 10.2. The second-order valence-electron chi connectivity index (χ2n) is 5.49. The molecule has 3 heterocycles. The van der Waals surface area contributed by atoms with Gasteiger partial charge in [0.1, 0.15) is 17.3 Å². The molecule has 0 atom stereocenters. The second-order valence-corrected chi connectivity index (χ2v) is 5.49. The Morgan fingerprint density at radius 3 is 2.58 bits per heavy atom. The molecule has 9 heteroatoms. The highest BCUT2D eigenvalue weighted by Crippen LogP contribution is 2.27. The van der Waals surface area contributed by atoms with Crippen LogP contribution in [0.3, 0.4) is 0 Å². The Morgan fingerprint density at radius 2 is 1.81 bits per heavy atom. The molecule has 6 nitrogen and oxygen atoms in total. The molecule has 130 valence electrons. The molecule has 0 saturated carbocycles. The van der Waals surface area contributed by atoms with Crippen molar-refractivity contribution in [2.24, 2.45) is 0 Å². The smallest absolute Gasteiger partial charge is 0.251 e. The van der Waals surface area contributed by atoms with Gasteiger partial charge in [-0.25, -0.2) is 23.4 Å². The second kappa shape index (κ2) is 6.10. The summed E-state index contributed by atoms with van der Waals surface area (Å²) >= 11 is 0. The monoisotopic (exact) mass is 357 g/mol. The fraction of sp³-hybridized carbons (Fsp3) is 0.0588. The molecule has 4 aromatic rings. The van der Waals surface area contributed by atoms with Crippen molar-refractivity contribution in [3.05, 3.63) is 65.7 Å². The van der Waals surface area contributed by atoms with Crippen LogP contribution in [0.2, 0.25) is 0 Å². The average Bonchev–Trinajstić information content (AvgIpc) is 2.97. The summed E-state index contributed by atoms with van der Waals surface area (Å²) in [4.78, 5) is 11.4. The summed E-state index contributed by atoms with van der Waals surface area (Å²) in [6, 6.07) is 7.32. The van der Waals surface area contributed by atoms with Crippen molar-refractivity contribution in [3.8, 4) is 17.4 Å². The van der Waals surface area contributed by atoms with Crippen LogP contribution in [0.4, 0.5) is 13.2 Å².